The number of carbonyl (C=O) groups excluding carboxylic acids is 2. The molecule has 0 aliphatic heterocycles. The van der Waals surface area contributed by atoms with Gasteiger partial charge in [0.2, 0.25) is 11.8 Å². The van der Waals surface area contributed by atoms with Crippen molar-refractivity contribution in [2.75, 3.05) is 19.4 Å². The SMILES string of the molecule is CCCCNC(=O)C(CC)N(Cc1ccc(OC)cc1)C(=O)CSCc1ccc(F)cc1. The second-order valence-corrected chi connectivity index (χ2v) is 8.54. The summed E-state index contributed by atoms with van der Waals surface area (Å²) >= 11 is 1.46. The molecule has 0 aromatic heterocycles. The molecule has 0 aliphatic carbocycles. The number of carbonyl (C=O) groups is 2. The van der Waals surface area contributed by atoms with Crippen molar-refractivity contribution >= 4 is 23.6 Å². The fourth-order valence-electron chi connectivity index (χ4n) is 3.27. The highest BCUT2D eigenvalue weighted by Crippen LogP contribution is 2.19. The van der Waals surface area contributed by atoms with Crippen LogP contribution in [-0.2, 0) is 21.9 Å². The number of ether oxygens (including phenoxy) is 1. The zero-order chi connectivity index (χ0) is 23.3. The molecule has 0 aliphatic rings. The van der Waals surface area contributed by atoms with E-state index < -0.39 is 6.04 Å². The fourth-order valence-corrected chi connectivity index (χ4v) is 4.14. The number of halogens is 1. The summed E-state index contributed by atoms with van der Waals surface area (Å²) < 4.78 is 18.3. The van der Waals surface area contributed by atoms with Crippen molar-refractivity contribution in [2.24, 2.45) is 0 Å². The smallest absolute Gasteiger partial charge is 0.242 e. The molecule has 0 saturated heterocycles. The third-order valence-electron chi connectivity index (χ3n) is 5.13. The number of hydrogen-bond donors (Lipinski definition) is 1. The highest BCUT2D eigenvalue weighted by atomic mass is 32.2. The minimum atomic E-state index is -0.534. The van der Waals surface area contributed by atoms with Crippen LogP contribution in [0.3, 0.4) is 0 Å². The average molecular weight is 461 g/mol. The maximum Gasteiger partial charge on any atom is 0.242 e. The van der Waals surface area contributed by atoms with Gasteiger partial charge in [-0.3, -0.25) is 9.59 Å². The van der Waals surface area contributed by atoms with Gasteiger partial charge in [0, 0.05) is 18.8 Å². The van der Waals surface area contributed by atoms with E-state index >= 15 is 0 Å². The lowest BCUT2D eigenvalue weighted by Gasteiger charge is -2.30. The highest BCUT2D eigenvalue weighted by molar-refractivity contribution is 7.99. The van der Waals surface area contributed by atoms with Gasteiger partial charge in [-0.05, 0) is 48.2 Å². The second kappa shape index (κ2) is 13.8. The topological polar surface area (TPSA) is 58.6 Å². The third kappa shape index (κ3) is 8.19. The summed E-state index contributed by atoms with van der Waals surface area (Å²) in [5.74, 6) is 1.09. The number of methoxy groups -OCH3 is 1. The number of thioether (sulfide) groups is 1. The Labute approximate surface area is 194 Å². The summed E-state index contributed by atoms with van der Waals surface area (Å²) in [6, 6.07) is 13.3. The van der Waals surface area contributed by atoms with Crippen molar-refractivity contribution in [2.45, 2.75) is 51.4 Å². The predicted octanol–water partition coefficient (Wildman–Crippen LogP) is 4.79. The van der Waals surface area contributed by atoms with E-state index in [4.69, 9.17) is 4.74 Å². The number of rotatable bonds is 13. The summed E-state index contributed by atoms with van der Waals surface area (Å²) in [6.07, 6.45) is 2.43. The Kier molecular flexibility index (Phi) is 11.1. The molecule has 0 radical (unpaired) electrons. The molecule has 32 heavy (non-hydrogen) atoms. The molecule has 0 fully saturated rings. The Hall–Kier alpha value is -2.54. The van der Waals surface area contributed by atoms with Crippen molar-refractivity contribution in [3.8, 4) is 5.75 Å². The summed E-state index contributed by atoms with van der Waals surface area (Å²) in [5, 5.41) is 2.97. The average Bonchev–Trinajstić information content (AvgIpc) is 2.80. The van der Waals surface area contributed by atoms with Crippen molar-refractivity contribution in [1.82, 2.24) is 10.2 Å². The Morgan fingerprint density at radius 1 is 1.06 bits per heavy atom. The van der Waals surface area contributed by atoms with Gasteiger partial charge in [-0.25, -0.2) is 4.39 Å². The maximum atomic E-state index is 13.2. The molecule has 0 saturated carbocycles. The first-order chi connectivity index (χ1) is 15.5. The number of benzene rings is 2. The molecule has 174 valence electrons. The van der Waals surface area contributed by atoms with Crippen LogP contribution in [0.1, 0.15) is 44.2 Å². The van der Waals surface area contributed by atoms with E-state index in [1.165, 1.54) is 23.9 Å². The van der Waals surface area contributed by atoms with Crippen LogP contribution >= 0.6 is 11.8 Å². The first-order valence-electron chi connectivity index (χ1n) is 11.0. The quantitative estimate of drug-likeness (QED) is 0.437. The first-order valence-corrected chi connectivity index (χ1v) is 12.2. The lowest BCUT2D eigenvalue weighted by Crippen LogP contribution is -2.49. The Balaban J connectivity index is 2.09. The molecular weight excluding hydrogens is 427 g/mol. The van der Waals surface area contributed by atoms with E-state index in [-0.39, 0.29) is 23.4 Å². The molecule has 2 aromatic rings. The van der Waals surface area contributed by atoms with Crippen LogP contribution in [0.4, 0.5) is 4.39 Å². The van der Waals surface area contributed by atoms with E-state index in [1.54, 1.807) is 24.1 Å². The van der Waals surface area contributed by atoms with Crippen molar-refractivity contribution in [1.29, 1.82) is 0 Å². The van der Waals surface area contributed by atoms with Gasteiger partial charge in [-0.1, -0.05) is 44.5 Å². The molecule has 1 unspecified atom stereocenters. The van der Waals surface area contributed by atoms with Gasteiger partial charge in [-0.2, -0.15) is 0 Å². The minimum Gasteiger partial charge on any atom is -0.497 e. The van der Waals surface area contributed by atoms with Crippen molar-refractivity contribution in [3.63, 3.8) is 0 Å². The Bertz CT molecular complexity index is 843. The number of nitrogens with one attached hydrogen (secondary N) is 1. The lowest BCUT2D eigenvalue weighted by atomic mass is 10.1. The molecule has 2 aromatic carbocycles. The van der Waals surface area contributed by atoms with Crippen LogP contribution in [0.5, 0.6) is 5.75 Å². The molecule has 0 bridgehead atoms. The molecule has 0 heterocycles. The third-order valence-corrected chi connectivity index (χ3v) is 6.12. The van der Waals surface area contributed by atoms with E-state index in [2.05, 4.69) is 12.2 Å². The molecule has 7 heteroatoms. The van der Waals surface area contributed by atoms with Gasteiger partial charge in [0.05, 0.1) is 12.9 Å². The molecule has 2 rings (SSSR count). The van der Waals surface area contributed by atoms with Crippen LogP contribution in [0, 0.1) is 5.82 Å². The van der Waals surface area contributed by atoms with Gasteiger partial charge < -0.3 is 15.0 Å². The predicted molar refractivity (Wildman–Crippen MR) is 128 cm³/mol. The Morgan fingerprint density at radius 3 is 2.31 bits per heavy atom. The molecule has 2 amide bonds. The van der Waals surface area contributed by atoms with Gasteiger partial charge in [0.1, 0.15) is 17.6 Å². The number of amides is 2. The molecule has 1 atom stereocenters. The van der Waals surface area contributed by atoms with Crippen LogP contribution in [-0.4, -0.2) is 42.2 Å². The van der Waals surface area contributed by atoms with Gasteiger partial charge in [0.15, 0.2) is 0 Å². The molecule has 5 nitrogen and oxygen atoms in total. The lowest BCUT2D eigenvalue weighted by molar-refractivity contribution is -0.139. The molecule has 1 N–H and O–H groups in total. The Morgan fingerprint density at radius 2 is 1.72 bits per heavy atom. The van der Waals surface area contributed by atoms with E-state index in [0.29, 0.717) is 25.3 Å². The second-order valence-electron chi connectivity index (χ2n) is 7.56. The molecular formula is C25H33FN2O3S. The van der Waals surface area contributed by atoms with Gasteiger partial charge >= 0.3 is 0 Å². The van der Waals surface area contributed by atoms with Gasteiger partial charge in [-0.15, -0.1) is 11.8 Å². The van der Waals surface area contributed by atoms with E-state index in [1.807, 2.05) is 31.2 Å². The number of hydrogen-bond acceptors (Lipinski definition) is 4. The van der Waals surface area contributed by atoms with Crippen LogP contribution < -0.4 is 10.1 Å². The van der Waals surface area contributed by atoms with Crippen LogP contribution in [0.25, 0.3) is 0 Å². The summed E-state index contributed by atoms with van der Waals surface area (Å²) in [4.78, 5) is 27.7. The fraction of sp³-hybridized carbons (Fsp3) is 0.440. The van der Waals surface area contributed by atoms with E-state index in [0.717, 1.165) is 29.7 Å². The monoisotopic (exact) mass is 460 g/mol. The summed E-state index contributed by atoms with van der Waals surface area (Å²) in [7, 11) is 1.61. The van der Waals surface area contributed by atoms with Crippen LogP contribution in [0.2, 0.25) is 0 Å². The standard InChI is InChI=1S/C25H33FN2O3S/c1-4-6-15-27-25(30)23(5-2)28(16-19-9-13-22(31-3)14-10-19)24(29)18-32-17-20-7-11-21(26)12-8-20/h7-14,23H,4-6,15-18H2,1-3H3,(H,27,30). The highest BCUT2D eigenvalue weighted by Gasteiger charge is 2.28. The van der Waals surface area contributed by atoms with Crippen molar-refractivity contribution in [3.05, 3.63) is 65.5 Å². The van der Waals surface area contributed by atoms with Gasteiger partial charge in [0.25, 0.3) is 0 Å². The summed E-state index contributed by atoms with van der Waals surface area (Å²) in [5.41, 5.74) is 1.89. The molecule has 0 spiro atoms. The normalized spacial score (nSPS) is 11.6. The number of unbranched alkanes of at least 4 members (excludes halogenated alkanes) is 1. The maximum absolute atomic E-state index is 13.2. The largest absolute Gasteiger partial charge is 0.497 e. The first kappa shape index (κ1) is 25.7. The number of nitrogens with zero attached hydrogens (tertiary/aromatic N) is 1. The van der Waals surface area contributed by atoms with Crippen molar-refractivity contribution < 1.29 is 18.7 Å². The minimum absolute atomic E-state index is 0.0922. The zero-order valence-electron chi connectivity index (χ0n) is 19.1. The zero-order valence-corrected chi connectivity index (χ0v) is 19.9. The van der Waals surface area contributed by atoms with E-state index in [9.17, 15) is 14.0 Å². The van der Waals surface area contributed by atoms with Crippen LogP contribution in [0.15, 0.2) is 48.5 Å². The summed E-state index contributed by atoms with van der Waals surface area (Å²) in [6.45, 7) is 4.95.